The van der Waals surface area contributed by atoms with Crippen LogP contribution in [0.2, 0.25) is 0 Å². The monoisotopic (exact) mass is 208 g/mol. The molecule has 0 radical (unpaired) electrons. The molecule has 0 amide bonds. The number of carboxylic acid groups (broad SMARTS) is 1. The second-order valence-corrected chi connectivity index (χ2v) is 3.43. The third-order valence-corrected chi connectivity index (χ3v) is 2.31. The Hall–Kier alpha value is -1.42. The molecule has 1 atom stereocenters. The molecule has 1 aromatic heterocycles. The van der Waals surface area contributed by atoms with E-state index in [1.165, 1.54) is 0 Å². The molecule has 0 spiro atoms. The Balaban J connectivity index is 2.30. The standard InChI is InChI=1S/C11H16N2O2/c1-2-10(11(14)15)8-13-7-9-3-5-12-6-4-9/h3-6,10,13H,2,7-8H2,1H3,(H,14,15). The fourth-order valence-corrected chi connectivity index (χ4v) is 1.30. The highest BCUT2D eigenvalue weighted by Gasteiger charge is 2.13. The van der Waals surface area contributed by atoms with Crippen LogP contribution in [0.25, 0.3) is 0 Å². The van der Waals surface area contributed by atoms with E-state index in [1.54, 1.807) is 12.4 Å². The number of hydrogen-bond donors (Lipinski definition) is 2. The lowest BCUT2D eigenvalue weighted by Gasteiger charge is -2.10. The lowest BCUT2D eigenvalue weighted by molar-refractivity contribution is -0.141. The van der Waals surface area contributed by atoms with Crippen LogP contribution in [0, 0.1) is 5.92 Å². The number of rotatable bonds is 6. The molecule has 1 heterocycles. The van der Waals surface area contributed by atoms with Crippen LogP contribution in [0.5, 0.6) is 0 Å². The van der Waals surface area contributed by atoms with Gasteiger partial charge in [0.25, 0.3) is 0 Å². The van der Waals surface area contributed by atoms with Gasteiger partial charge < -0.3 is 10.4 Å². The number of carbonyl (C=O) groups is 1. The molecule has 1 rings (SSSR count). The van der Waals surface area contributed by atoms with Crippen LogP contribution in [0.3, 0.4) is 0 Å². The summed E-state index contributed by atoms with van der Waals surface area (Å²) in [7, 11) is 0. The minimum Gasteiger partial charge on any atom is -0.481 e. The van der Waals surface area contributed by atoms with Crippen LogP contribution in [0.15, 0.2) is 24.5 Å². The van der Waals surface area contributed by atoms with E-state index in [-0.39, 0.29) is 5.92 Å². The van der Waals surface area contributed by atoms with E-state index in [2.05, 4.69) is 10.3 Å². The van der Waals surface area contributed by atoms with Gasteiger partial charge in [0.15, 0.2) is 0 Å². The molecule has 82 valence electrons. The van der Waals surface area contributed by atoms with Crippen molar-refractivity contribution >= 4 is 5.97 Å². The van der Waals surface area contributed by atoms with Crippen LogP contribution in [0.1, 0.15) is 18.9 Å². The third-order valence-electron chi connectivity index (χ3n) is 2.31. The van der Waals surface area contributed by atoms with E-state index >= 15 is 0 Å². The molecule has 0 fully saturated rings. The van der Waals surface area contributed by atoms with Crippen LogP contribution in [-0.2, 0) is 11.3 Å². The quantitative estimate of drug-likeness (QED) is 0.739. The molecule has 0 aliphatic rings. The van der Waals surface area contributed by atoms with Gasteiger partial charge in [-0.15, -0.1) is 0 Å². The van der Waals surface area contributed by atoms with Gasteiger partial charge in [-0.05, 0) is 24.1 Å². The van der Waals surface area contributed by atoms with Gasteiger partial charge in [0.05, 0.1) is 5.92 Å². The van der Waals surface area contributed by atoms with E-state index in [1.807, 2.05) is 19.1 Å². The summed E-state index contributed by atoms with van der Waals surface area (Å²) in [6.07, 6.45) is 4.11. The second-order valence-electron chi connectivity index (χ2n) is 3.43. The predicted octanol–water partition coefficient (Wildman–Crippen LogP) is 1.28. The number of nitrogens with one attached hydrogen (secondary N) is 1. The number of aromatic nitrogens is 1. The Bertz CT molecular complexity index is 301. The van der Waals surface area contributed by atoms with Crippen LogP contribution in [-0.4, -0.2) is 22.6 Å². The highest BCUT2D eigenvalue weighted by molar-refractivity contribution is 5.70. The van der Waals surface area contributed by atoms with E-state index in [0.717, 1.165) is 5.56 Å². The molecule has 0 saturated carbocycles. The van der Waals surface area contributed by atoms with E-state index < -0.39 is 5.97 Å². The first-order valence-electron chi connectivity index (χ1n) is 5.06. The molecule has 0 aromatic carbocycles. The first kappa shape index (κ1) is 11.7. The van der Waals surface area contributed by atoms with Crippen molar-refractivity contribution in [2.24, 2.45) is 5.92 Å². The topological polar surface area (TPSA) is 62.2 Å². The Kier molecular flexibility index (Phi) is 4.77. The first-order chi connectivity index (χ1) is 7.24. The molecule has 1 aromatic rings. The van der Waals surface area contributed by atoms with Crippen molar-refractivity contribution in [3.8, 4) is 0 Å². The molecule has 0 aliphatic carbocycles. The van der Waals surface area contributed by atoms with Gasteiger partial charge in [-0.2, -0.15) is 0 Å². The molecule has 0 aliphatic heterocycles. The molecule has 15 heavy (non-hydrogen) atoms. The van der Waals surface area contributed by atoms with Gasteiger partial charge in [0.1, 0.15) is 0 Å². The summed E-state index contributed by atoms with van der Waals surface area (Å²) in [5, 5.41) is 11.9. The molecule has 4 nitrogen and oxygen atoms in total. The number of aliphatic carboxylic acids is 1. The van der Waals surface area contributed by atoms with E-state index in [0.29, 0.717) is 19.5 Å². The summed E-state index contributed by atoms with van der Waals surface area (Å²) in [4.78, 5) is 14.6. The summed E-state index contributed by atoms with van der Waals surface area (Å²) in [6.45, 7) is 3.08. The smallest absolute Gasteiger partial charge is 0.307 e. The molecule has 4 heteroatoms. The maximum Gasteiger partial charge on any atom is 0.307 e. The average Bonchev–Trinajstić information content (AvgIpc) is 2.25. The Morgan fingerprint density at radius 2 is 2.20 bits per heavy atom. The minimum atomic E-state index is -0.736. The summed E-state index contributed by atoms with van der Waals surface area (Å²) >= 11 is 0. The molecule has 2 N–H and O–H groups in total. The fraction of sp³-hybridized carbons (Fsp3) is 0.455. The predicted molar refractivity (Wildman–Crippen MR) is 57.4 cm³/mol. The van der Waals surface area contributed by atoms with Crippen LogP contribution in [0.4, 0.5) is 0 Å². The largest absolute Gasteiger partial charge is 0.481 e. The Morgan fingerprint density at radius 1 is 1.53 bits per heavy atom. The number of carboxylic acids is 1. The van der Waals surface area contributed by atoms with Crippen molar-refractivity contribution in [1.29, 1.82) is 0 Å². The van der Waals surface area contributed by atoms with Crippen molar-refractivity contribution in [3.05, 3.63) is 30.1 Å². The fourth-order valence-electron chi connectivity index (χ4n) is 1.30. The summed E-state index contributed by atoms with van der Waals surface area (Å²) < 4.78 is 0. The molecule has 1 unspecified atom stereocenters. The molecular weight excluding hydrogens is 192 g/mol. The van der Waals surface area contributed by atoms with Gasteiger partial charge in [-0.1, -0.05) is 6.92 Å². The van der Waals surface area contributed by atoms with Gasteiger partial charge in [0.2, 0.25) is 0 Å². The summed E-state index contributed by atoms with van der Waals surface area (Å²) in [5.74, 6) is -1.04. The maximum atomic E-state index is 10.7. The first-order valence-corrected chi connectivity index (χ1v) is 5.06. The van der Waals surface area contributed by atoms with Gasteiger partial charge >= 0.3 is 5.97 Å². The normalized spacial score (nSPS) is 12.3. The van der Waals surface area contributed by atoms with Gasteiger partial charge in [0, 0.05) is 25.5 Å². The zero-order valence-corrected chi connectivity index (χ0v) is 8.81. The zero-order chi connectivity index (χ0) is 11.1. The SMILES string of the molecule is CCC(CNCc1ccncc1)C(=O)O. The molecular formula is C11H16N2O2. The Morgan fingerprint density at radius 3 is 2.73 bits per heavy atom. The summed E-state index contributed by atoms with van der Waals surface area (Å²) in [6, 6.07) is 3.82. The van der Waals surface area contributed by atoms with Crippen molar-refractivity contribution in [3.63, 3.8) is 0 Å². The number of hydrogen-bond acceptors (Lipinski definition) is 3. The molecule has 0 bridgehead atoms. The van der Waals surface area contributed by atoms with Crippen molar-refractivity contribution in [2.45, 2.75) is 19.9 Å². The third kappa shape index (κ3) is 4.08. The lowest BCUT2D eigenvalue weighted by Crippen LogP contribution is -2.27. The highest BCUT2D eigenvalue weighted by atomic mass is 16.4. The molecule has 0 saturated heterocycles. The highest BCUT2D eigenvalue weighted by Crippen LogP contribution is 2.01. The summed E-state index contributed by atoms with van der Waals surface area (Å²) in [5.41, 5.74) is 1.12. The number of pyridine rings is 1. The van der Waals surface area contributed by atoms with Crippen molar-refractivity contribution in [1.82, 2.24) is 10.3 Å². The minimum absolute atomic E-state index is 0.299. The van der Waals surface area contributed by atoms with Crippen LogP contribution < -0.4 is 5.32 Å². The average molecular weight is 208 g/mol. The van der Waals surface area contributed by atoms with Gasteiger partial charge in [-0.25, -0.2) is 0 Å². The van der Waals surface area contributed by atoms with Crippen LogP contribution >= 0.6 is 0 Å². The van der Waals surface area contributed by atoms with E-state index in [9.17, 15) is 4.79 Å². The van der Waals surface area contributed by atoms with Crippen molar-refractivity contribution < 1.29 is 9.90 Å². The lowest BCUT2D eigenvalue weighted by atomic mass is 10.1. The zero-order valence-electron chi connectivity index (χ0n) is 8.81. The Labute approximate surface area is 89.3 Å². The second kappa shape index (κ2) is 6.14. The van der Waals surface area contributed by atoms with E-state index in [4.69, 9.17) is 5.11 Å². The maximum absolute atomic E-state index is 10.7. The van der Waals surface area contributed by atoms with Crippen molar-refractivity contribution in [2.75, 3.05) is 6.54 Å². The van der Waals surface area contributed by atoms with Gasteiger partial charge in [-0.3, -0.25) is 9.78 Å². The number of nitrogens with zero attached hydrogens (tertiary/aromatic N) is 1.